The smallest absolute Gasteiger partial charge is 0.227 e. The molecular weight excluding hydrogens is 358 g/mol. The molecule has 28 heavy (non-hydrogen) atoms. The number of rotatable bonds is 8. The van der Waals surface area contributed by atoms with E-state index in [1.54, 1.807) is 48.8 Å². The van der Waals surface area contributed by atoms with E-state index in [0.717, 1.165) is 12.0 Å². The number of anilines is 2. The number of carbonyl (C=O) groups is 2. The van der Waals surface area contributed by atoms with Crippen LogP contribution in [-0.4, -0.2) is 26.9 Å². The normalized spacial score (nSPS) is 10.5. The lowest BCUT2D eigenvalue weighted by Crippen LogP contribution is -2.14. The molecule has 8 heteroatoms. The van der Waals surface area contributed by atoms with Crippen molar-refractivity contribution >= 4 is 23.2 Å². The molecule has 0 fully saturated rings. The van der Waals surface area contributed by atoms with Gasteiger partial charge in [-0.25, -0.2) is 0 Å². The Bertz CT molecular complexity index is 940. The average Bonchev–Trinajstić information content (AvgIpc) is 3.17. The van der Waals surface area contributed by atoms with Crippen molar-refractivity contribution in [2.45, 2.75) is 32.6 Å². The van der Waals surface area contributed by atoms with Crippen molar-refractivity contribution in [3.05, 3.63) is 54.7 Å². The summed E-state index contributed by atoms with van der Waals surface area (Å²) < 4.78 is 5.20. The van der Waals surface area contributed by atoms with Gasteiger partial charge in [-0.1, -0.05) is 18.1 Å². The third kappa shape index (κ3) is 5.47. The van der Waals surface area contributed by atoms with Crippen LogP contribution in [0.5, 0.6) is 0 Å². The number of nitrogens with one attached hydrogen (secondary N) is 2. The zero-order valence-electron chi connectivity index (χ0n) is 15.5. The summed E-state index contributed by atoms with van der Waals surface area (Å²) >= 11 is 0. The van der Waals surface area contributed by atoms with Gasteiger partial charge in [-0.3, -0.25) is 14.6 Å². The number of aryl methyl sites for hydroxylation is 1. The Kier molecular flexibility index (Phi) is 6.46. The van der Waals surface area contributed by atoms with Crippen molar-refractivity contribution in [2.24, 2.45) is 0 Å². The molecule has 2 N–H and O–H groups in total. The minimum Gasteiger partial charge on any atom is -0.339 e. The molecule has 0 atom stereocenters. The predicted octanol–water partition coefficient (Wildman–Crippen LogP) is 3.44. The van der Waals surface area contributed by atoms with Crippen molar-refractivity contribution in [2.75, 3.05) is 10.6 Å². The molecule has 8 nitrogen and oxygen atoms in total. The lowest BCUT2D eigenvalue weighted by Gasteiger charge is -2.08. The summed E-state index contributed by atoms with van der Waals surface area (Å²) in [6, 6.07) is 10.6. The van der Waals surface area contributed by atoms with Gasteiger partial charge in [0.15, 0.2) is 0 Å². The minimum absolute atomic E-state index is 0.0487. The molecule has 144 valence electrons. The lowest BCUT2D eigenvalue weighted by atomic mass is 10.2. The van der Waals surface area contributed by atoms with Gasteiger partial charge in [-0.05, 0) is 36.8 Å². The van der Waals surface area contributed by atoms with Gasteiger partial charge < -0.3 is 15.2 Å². The maximum absolute atomic E-state index is 12.2. The van der Waals surface area contributed by atoms with Crippen molar-refractivity contribution in [1.29, 1.82) is 0 Å². The minimum atomic E-state index is -0.180. The van der Waals surface area contributed by atoms with E-state index in [1.807, 2.05) is 6.92 Å². The third-order valence-electron chi connectivity index (χ3n) is 3.88. The molecule has 0 aliphatic rings. The first-order valence-corrected chi connectivity index (χ1v) is 9.07. The third-order valence-corrected chi connectivity index (χ3v) is 3.88. The van der Waals surface area contributed by atoms with E-state index in [2.05, 4.69) is 25.8 Å². The van der Waals surface area contributed by atoms with Gasteiger partial charge in [0, 0.05) is 48.6 Å². The molecule has 2 heterocycles. The Hall–Kier alpha value is -3.55. The number of nitrogens with zero attached hydrogens (tertiary/aromatic N) is 3. The fourth-order valence-electron chi connectivity index (χ4n) is 2.54. The van der Waals surface area contributed by atoms with E-state index < -0.39 is 0 Å². The first-order valence-electron chi connectivity index (χ1n) is 9.07. The van der Waals surface area contributed by atoms with Gasteiger partial charge in [0.25, 0.3) is 0 Å². The molecule has 2 amide bonds. The Morgan fingerprint density at radius 2 is 1.68 bits per heavy atom. The van der Waals surface area contributed by atoms with Crippen LogP contribution in [-0.2, 0) is 16.0 Å². The number of pyridine rings is 1. The van der Waals surface area contributed by atoms with Crippen LogP contribution in [0.2, 0.25) is 0 Å². The average molecular weight is 379 g/mol. The van der Waals surface area contributed by atoms with Gasteiger partial charge in [0.2, 0.25) is 23.5 Å². The second kappa shape index (κ2) is 9.40. The topological polar surface area (TPSA) is 110 Å². The van der Waals surface area contributed by atoms with Crippen molar-refractivity contribution in [1.82, 2.24) is 15.1 Å². The van der Waals surface area contributed by atoms with E-state index in [0.29, 0.717) is 35.9 Å². The highest BCUT2D eigenvalue weighted by Crippen LogP contribution is 2.17. The molecule has 0 unspecified atom stereocenters. The van der Waals surface area contributed by atoms with Crippen molar-refractivity contribution < 1.29 is 14.1 Å². The second-order valence-electron chi connectivity index (χ2n) is 6.17. The number of amides is 2. The molecule has 1 aromatic carbocycles. The molecule has 0 aliphatic heterocycles. The quantitative estimate of drug-likeness (QED) is 0.620. The van der Waals surface area contributed by atoms with E-state index >= 15 is 0 Å². The number of benzene rings is 1. The van der Waals surface area contributed by atoms with Crippen LogP contribution < -0.4 is 10.6 Å². The van der Waals surface area contributed by atoms with Crippen LogP contribution in [0.15, 0.2) is 53.3 Å². The monoisotopic (exact) mass is 379 g/mol. The Labute approximate surface area is 162 Å². The van der Waals surface area contributed by atoms with Gasteiger partial charge in [0.1, 0.15) is 0 Å². The molecular formula is C20H21N5O3. The van der Waals surface area contributed by atoms with E-state index in [4.69, 9.17) is 4.52 Å². The van der Waals surface area contributed by atoms with Gasteiger partial charge >= 0.3 is 0 Å². The Balaban J connectivity index is 1.52. The number of hydrogen-bond acceptors (Lipinski definition) is 6. The summed E-state index contributed by atoms with van der Waals surface area (Å²) in [5, 5.41) is 9.53. The SMILES string of the molecule is CCCC(=O)Nc1cccc(NC(=O)CCc2nc(-c3ccncc3)no2)c1. The maximum atomic E-state index is 12.2. The molecule has 2 aromatic heterocycles. The van der Waals surface area contributed by atoms with Crippen molar-refractivity contribution in [3.8, 4) is 11.4 Å². The van der Waals surface area contributed by atoms with Gasteiger partial charge in [-0.15, -0.1) is 0 Å². The molecule has 0 saturated carbocycles. The Morgan fingerprint density at radius 1 is 1.00 bits per heavy atom. The molecule has 0 aliphatic carbocycles. The van der Waals surface area contributed by atoms with Crippen LogP contribution >= 0.6 is 0 Å². The van der Waals surface area contributed by atoms with Crippen LogP contribution in [0.25, 0.3) is 11.4 Å². The zero-order valence-corrected chi connectivity index (χ0v) is 15.5. The van der Waals surface area contributed by atoms with Gasteiger partial charge in [0.05, 0.1) is 0 Å². The van der Waals surface area contributed by atoms with Crippen LogP contribution in [0.1, 0.15) is 32.1 Å². The molecule has 0 bridgehead atoms. The molecule has 0 spiro atoms. The van der Waals surface area contributed by atoms with Crippen molar-refractivity contribution in [3.63, 3.8) is 0 Å². The van der Waals surface area contributed by atoms with Crippen LogP contribution in [0, 0.1) is 0 Å². The van der Waals surface area contributed by atoms with E-state index in [1.165, 1.54) is 0 Å². The lowest BCUT2D eigenvalue weighted by molar-refractivity contribution is -0.117. The summed E-state index contributed by atoms with van der Waals surface area (Å²) in [6.07, 6.45) is 5.07. The molecule has 0 radical (unpaired) electrons. The van der Waals surface area contributed by atoms with E-state index in [9.17, 15) is 9.59 Å². The summed E-state index contributed by atoms with van der Waals surface area (Å²) in [5.41, 5.74) is 2.06. The van der Waals surface area contributed by atoms with Gasteiger partial charge in [-0.2, -0.15) is 4.98 Å². The number of hydrogen-bond donors (Lipinski definition) is 2. The molecule has 3 rings (SSSR count). The predicted molar refractivity (Wildman–Crippen MR) is 104 cm³/mol. The number of aromatic nitrogens is 3. The standard InChI is InChI=1S/C20H21N5O3/c1-2-4-17(26)22-15-5-3-6-16(13-15)23-18(27)7-8-19-24-20(25-28-19)14-9-11-21-12-10-14/h3,5-6,9-13H,2,4,7-8H2,1H3,(H,22,26)(H,23,27). The van der Waals surface area contributed by atoms with Crippen LogP contribution in [0.3, 0.4) is 0 Å². The van der Waals surface area contributed by atoms with E-state index in [-0.39, 0.29) is 18.2 Å². The zero-order chi connectivity index (χ0) is 19.8. The summed E-state index contributed by atoms with van der Waals surface area (Å²) in [4.78, 5) is 32.1. The first kappa shape index (κ1) is 19.2. The number of carbonyl (C=O) groups excluding carboxylic acids is 2. The maximum Gasteiger partial charge on any atom is 0.227 e. The highest BCUT2D eigenvalue weighted by atomic mass is 16.5. The molecule has 0 saturated heterocycles. The fourth-order valence-corrected chi connectivity index (χ4v) is 2.54. The second-order valence-corrected chi connectivity index (χ2v) is 6.17. The summed E-state index contributed by atoms with van der Waals surface area (Å²) in [6.45, 7) is 1.94. The summed E-state index contributed by atoms with van der Waals surface area (Å²) in [7, 11) is 0. The first-order chi connectivity index (χ1) is 13.6. The molecule has 3 aromatic rings. The summed E-state index contributed by atoms with van der Waals surface area (Å²) in [5.74, 6) is 0.629. The Morgan fingerprint density at radius 3 is 2.36 bits per heavy atom. The largest absolute Gasteiger partial charge is 0.339 e. The highest BCUT2D eigenvalue weighted by molar-refractivity contribution is 5.94. The highest BCUT2D eigenvalue weighted by Gasteiger charge is 2.11. The fraction of sp³-hybridized carbons (Fsp3) is 0.250. The van der Waals surface area contributed by atoms with Crippen LogP contribution in [0.4, 0.5) is 11.4 Å².